The number of amides is 1. The Morgan fingerprint density at radius 3 is 2.75 bits per heavy atom. The van der Waals surface area contributed by atoms with E-state index in [0.717, 1.165) is 17.7 Å². The lowest BCUT2D eigenvalue weighted by molar-refractivity contribution is -0.123. The van der Waals surface area contributed by atoms with E-state index >= 15 is 0 Å². The zero-order valence-electron chi connectivity index (χ0n) is 14.4. The number of ether oxygens (including phenoxy) is 2. The molecule has 1 aliphatic carbocycles. The highest BCUT2D eigenvalue weighted by Gasteiger charge is 2.37. The van der Waals surface area contributed by atoms with Crippen LogP contribution in [0.4, 0.5) is 0 Å². The van der Waals surface area contributed by atoms with Crippen molar-refractivity contribution in [2.75, 3.05) is 20.3 Å². The molecule has 0 spiro atoms. The van der Waals surface area contributed by atoms with Gasteiger partial charge in [-0.1, -0.05) is 25.0 Å². The molecule has 24 heavy (non-hydrogen) atoms. The number of fused-ring (bicyclic) bond motifs is 1. The number of nitrogens with one attached hydrogen (secondary N) is 2. The molecule has 2 fully saturated rings. The summed E-state index contributed by atoms with van der Waals surface area (Å²) in [5.74, 6) is 1.64. The van der Waals surface area contributed by atoms with Crippen molar-refractivity contribution in [1.29, 1.82) is 0 Å². The molecular formula is C19H28N2O3. The van der Waals surface area contributed by atoms with E-state index in [2.05, 4.69) is 10.6 Å². The Morgan fingerprint density at radius 2 is 2.00 bits per heavy atom. The summed E-state index contributed by atoms with van der Waals surface area (Å²) < 4.78 is 10.5. The molecule has 1 saturated heterocycles. The minimum atomic E-state index is -0.0187. The van der Waals surface area contributed by atoms with Gasteiger partial charge in [-0.15, -0.1) is 0 Å². The molecule has 0 aromatic heterocycles. The summed E-state index contributed by atoms with van der Waals surface area (Å²) in [6.45, 7) is 1.68. The van der Waals surface area contributed by atoms with E-state index in [1.165, 1.54) is 25.7 Å². The largest absolute Gasteiger partial charge is 0.491 e. The average molecular weight is 332 g/mol. The van der Waals surface area contributed by atoms with Gasteiger partial charge in [0.25, 0.3) is 0 Å². The maximum atomic E-state index is 12.4. The van der Waals surface area contributed by atoms with E-state index < -0.39 is 0 Å². The summed E-state index contributed by atoms with van der Waals surface area (Å²) >= 11 is 0. The van der Waals surface area contributed by atoms with Crippen LogP contribution < -0.4 is 15.4 Å². The zero-order valence-corrected chi connectivity index (χ0v) is 14.4. The topological polar surface area (TPSA) is 59.6 Å². The molecule has 3 rings (SSSR count). The molecule has 3 atom stereocenters. The van der Waals surface area contributed by atoms with Crippen molar-refractivity contribution in [1.82, 2.24) is 10.6 Å². The van der Waals surface area contributed by atoms with Crippen molar-refractivity contribution in [2.24, 2.45) is 5.92 Å². The predicted octanol–water partition coefficient (Wildman–Crippen LogP) is 2.25. The molecule has 0 bridgehead atoms. The Balaban J connectivity index is 1.43. The molecule has 5 nitrogen and oxygen atoms in total. The first-order valence-electron chi connectivity index (χ1n) is 9.00. The van der Waals surface area contributed by atoms with Crippen LogP contribution in [-0.4, -0.2) is 38.3 Å². The molecule has 2 N–H and O–H groups in total. The normalized spacial score (nSPS) is 26.0. The molecule has 2 aliphatic rings. The molecule has 1 aromatic carbocycles. The highest BCUT2D eigenvalue weighted by Crippen LogP contribution is 2.33. The average Bonchev–Trinajstić information content (AvgIpc) is 3.05. The molecule has 1 amide bonds. The summed E-state index contributed by atoms with van der Waals surface area (Å²) in [5, 5.41) is 6.58. The van der Waals surface area contributed by atoms with E-state index in [1.807, 2.05) is 24.3 Å². The molecule has 0 unspecified atom stereocenters. The van der Waals surface area contributed by atoms with Gasteiger partial charge in [0, 0.05) is 19.7 Å². The van der Waals surface area contributed by atoms with Crippen LogP contribution in [0.3, 0.4) is 0 Å². The number of benzene rings is 1. The second kappa shape index (κ2) is 8.49. The third kappa shape index (κ3) is 4.48. The predicted molar refractivity (Wildman–Crippen MR) is 92.9 cm³/mol. The van der Waals surface area contributed by atoms with Gasteiger partial charge in [0.05, 0.1) is 12.6 Å². The van der Waals surface area contributed by atoms with Gasteiger partial charge in [-0.25, -0.2) is 0 Å². The molecule has 0 radical (unpaired) electrons. The highest BCUT2D eigenvalue weighted by molar-refractivity contribution is 5.82. The summed E-state index contributed by atoms with van der Waals surface area (Å²) in [6.07, 6.45) is 6.09. The van der Waals surface area contributed by atoms with Crippen LogP contribution in [0.2, 0.25) is 0 Å². The highest BCUT2D eigenvalue weighted by atomic mass is 16.5. The van der Waals surface area contributed by atoms with E-state index in [1.54, 1.807) is 7.11 Å². The van der Waals surface area contributed by atoms with Gasteiger partial charge in [-0.05, 0) is 42.9 Å². The van der Waals surface area contributed by atoms with Crippen LogP contribution >= 0.6 is 0 Å². The quantitative estimate of drug-likeness (QED) is 0.752. The van der Waals surface area contributed by atoms with Crippen LogP contribution in [-0.2, 0) is 16.1 Å². The molecule has 132 valence electrons. The van der Waals surface area contributed by atoms with Crippen LogP contribution in [0.15, 0.2) is 24.3 Å². The van der Waals surface area contributed by atoms with Crippen molar-refractivity contribution in [3.63, 3.8) is 0 Å². The Morgan fingerprint density at radius 1 is 1.21 bits per heavy atom. The van der Waals surface area contributed by atoms with Gasteiger partial charge >= 0.3 is 0 Å². The van der Waals surface area contributed by atoms with Gasteiger partial charge in [0.15, 0.2) is 0 Å². The number of rotatable bonds is 7. The van der Waals surface area contributed by atoms with Crippen LogP contribution in [0, 0.1) is 5.92 Å². The lowest BCUT2D eigenvalue weighted by atomic mass is 9.85. The van der Waals surface area contributed by atoms with E-state index in [4.69, 9.17) is 9.47 Å². The van der Waals surface area contributed by atoms with Crippen LogP contribution in [0.25, 0.3) is 0 Å². The Bertz CT molecular complexity index is 518. The third-order valence-electron chi connectivity index (χ3n) is 5.13. The fourth-order valence-electron chi connectivity index (χ4n) is 3.78. The summed E-state index contributed by atoms with van der Waals surface area (Å²) in [4.78, 5) is 12.4. The Labute approximate surface area is 144 Å². The molecule has 1 aliphatic heterocycles. The number of hydrogen-bond acceptors (Lipinski definition) is 4. The SMILES string of the molecule is COCCOc1ccc(CNC(=O)[C@@H]2C[C@@H]3CCCC[C@@H]3N2)cc1. The van der Waals surface area contributed by atoms with E-state index in [0.29, 0.717) is 31.7 Å². The second-order valence-electron chi connectivity index (χ2n) is 6.81. The van der Waals surface area contributed by atoms with Crippen molar-refractivity contribution in [3.8, 4) is 5.75 Å². The van der Waals surface area contributed by atoms with Gasteiger partial charge in [0.2, 0.25) is 5.91 Å². The fraction of sp³-hybridized carbons (Fsp3) is 0.632. The van der Waals surface area contributed by atoms with E-state index in [9.17, 15) is 4.79 Å². The van der Waals surface area contributed by atoms with Crippen LogP contribution in [0.5, 0.6) is 5.75 Å². The number of carbonyl (C=O) groups is 1. The molecular weight excluding hydrogens is 304 g/mol. The minimum absolute atomic E-state index is 0.0187. The number of hydrogen-bond donors (Lipinski definition) is 2. The van der Waals surface area contributed by atoms with Crippen molar-refractivity contribution >= 4 is 5.91 Å². The number of carbonyl (C=O) groups excluding carboxylic acids is 1. The summed E-state index contributed by atoms with van der Waals surface area (Å²) in [5.41, 5.74) is 1.08. The number of methoxy groups -OCH3 is 1. The monoisotopic (exact) mass is 332 g/mol. The molecule has 5 heteroatoms. The third-order valence-corrected chi connectivity index (χ3v) is 5.13. The van der Waals surface area contributed by atoms with Gasteiger partial charge in [-0.3, -0.25) is 4.79 Å². The van der Waals surface area contributed by atoms with E-state index in [-0.39, 0.29) is 11.9 Å². The molecule has 1 heterocycles. The maximum absolute atomic E-state index is 12.4. The standard InChI is InChI=1S/C19H28N2O3/c1-23-10-11-24-16-8-6-14(7-9-16)13-20-19(22)18-12-15-4-2-3-5-17(15)21-18/h6-9,15,17-18,21H,2-5,10-13H2,1H3,(H,20,22)/t15-,17-,18-/m0/s1. The van der Waals surface area contributed by atoms with Crippen molar-refractivity contribution < 1.29 is 14.3 Å². The zero-order chi connectivity index (χ0) is 16.8. The summed E-state index contributed by atoms with van der Waals surface area (Å²) in [7, 11) is 1.66. The van der Waals surface area contributed by atoms with Crippen molar-refractivity contribution in [3.05, 3.63) is 29.8 Å². The first kappa shape index (κ1) is 17.2. The lowest BCUT2D eigenvalue weighted by Gasteiger charge is -2.24. The first-order chi connectivity index (χ1) is 11.8. The fourth-order valence-corrected chi connectivity index (χ4v) is 3.78. The molecule has 1 aromatic rings. The first-order valence-corrected chi connectivity index (χ1v) is 9.00. The lowest BCUT2D eigenvalue weighted by Crippen LogP contribution is -2.42. The van der Waals surface area contributed by atoms with Gasteiger partial charge in [-0.2, -0.15) is 0 Å². The van der Waals surface area contributed by atoms with Crippen LogP contribution in [0.1, 0.15) is 37.7 Å². The Hall–Kier alpha value is -1.59. The second-order valence-corrected chi connectivity index (χ2v) is 6.81. The molecule has 1 saturated carbocycles. The van der Waals surface area contributed by atoms with Gasteiger partial charge < -0.3 is 20.1 Å². The minimum Gasteiger partial charge on any atom is -0.491 e. The Kier molecular flexibility index (Phi) is 6.10. The smallest absolute Gasteiger partial charge is 0.237 e. The summed E-state index contributed by atoms with van der Waals surface area (Å²) in [6, 6.07) is 8.38. The van der Waals surface area contributed by atoms with Gasteiger partial charge in [0.1, 0.15) is 12.4 Å². The maximum Gasteiger partial charge on any atom is 0.237 e. The van der Waals surface area contributed by atoms with Crippen molar-refractivity contribution in [2.45, 2.75) is 50.7 Å².